The van der Waals surface area contributed by atoms with Crippen molar-refractivity contribution in [3.63, 3.8) is 0 Å². The van der Waals surface area contributed by atoms with E-state index in [1.807, 2.05) is 6.08 Å². The van der Waals surface area contributed by atoms with Crippen LogP contribution in [0, 0.1) is 0 Å². The first-order valence-electron chi connectivity index (χ1n) is 3.31. The minimum Gasteiger partial charge on any atom is -0.301 e. The number of rotatable bonds is 5. The van der Waals surface area contributed by atoms with Gasteiger partial charge >= 0.3 is 0 Å². The summed E-state index contributed by atoms with van der Waals surface area (Å²) in [5.74, 6) is 0. The average molecular weight is 128 g/mol. The first-order chi connectivity index (χ1) is 4.31. The fourth-order valence-electron chi connectivity index (χ4n) is 0.469. The fourth-order valence-corrected chi connectivity index (χ4v) is 0.469. The standard InChI is InChI=1S/C7H16N2/c1-4-6-8-7-9(3)5-2/h4,8H,1,5-7H2,2-3H3. The largest absolute Gasteiger partial charge is 0.301 e. The van der Waals surface area contributed by atoms with Crippen LogP contribution in [0.2, 0.25) is 0 Å². The molecule has 2 heteroatoms. The molecule has 0 aliphatic rings. The van der Waals surface area contributed by atoms with Gasteiger partial charge in [0.05, 0.1) is 0 Å². The van der Waals surface area contributed by atoms with Crippen molar-refractivity contribution in [2.24, 2.45) is 0 Å². The van der Waals surface area contributed by atoms with Crippen molar-refractivity contribution in [2.45, 2.75) is 6.92 Å². The predicted octanol–water partition coefficient (Wildman–Crippen LogP) is 0.671. The van der Waals surface area contributed by atoms with Crippen LogP contribution >= 0.6 is 0 Å². The summed E-state index contributed by atoms with van der Waals surface area (Å²) in [4.78, 5) is 2.20. The number of hydrogen-bond acceptors (Lipinski definition) is 2. The van der Waals surface area contributed by atoms with Gasteiger partial charge in [-0.05, 0) is 13.6 Å². The molecule has 54 valence electrons. The lowest BCUT2D eigenvalue weighted by Gasteiger charge is -2.12. The predicted molar refractivity (Wildman–Crippen MR) is 41.4 cm³/mol. The molecule has 9 heavy (non-hydrogen) atoms. The Morgan fingerprint density at radius 1 is 1.67 bits per heavy atom. The SMILES string of the molecule is C=CCNCN(C)CC. The summed E-state index contributed by atoms with van der Waals surface area (Å²) >= 11 is 0. The molecule has 0 heterocycles. The molecule has 0 aromatic carbocycles. The zero-order valence-corrected chi connectivity index (χ0v) is 6.35. The lowest BCUT2D eigenvalue weighted by Crippen LogP contribution is -2.30. The Hall–Kier alpha value is -0.340. The molecule has 0 amide bonds. The van der Waals surface area contributed by atoms with Crippen molar-refractivity contribution >= 4 is 0 Å². The first-order valence-corrected chi connectivity index (χ1v) is 3.31. The monoisotopic (exact) mass is 128 g/mol. The van der Waals surface area contributed by atoms with Gasteiger partial charge in [0.25, 0.3) is 0 Å². The summed E-state index contributed by atoms with van der Waals surface area (Å²) in [6, 6.07) is 0. The third-order valence-electron chi connectivity index (χ3n) is 1.21. The molecule has 0 saturated heterocycles. The highest BCUT2D eigenvalue weighted by Gasteiger charge is 1.88. The van der Waals surface area contributed by atoms with E-state index in [0.717, 1.165) is 19.8 Å². The third kappa shape index (κ3) is 5.53. The van der Waals surface area contributed by atoms with Crippen LogP contribution in [0.3, 0.4) is 0 Å². The fraction of sp³-hybridized carbons (Fsp3) is 0.714. The molecule has 0 aliphatic heterocycles. The Labute approximate surface area is 57.5 Å². The van der Waals surface area contributed by atoms with E-state index in [0.29, 0.717) is 0 Å². The van der Waals surface area contributed by atoms with Crippen molar-refractivity contribution in [2.75, 3.05) is 26.8 Å². The Morgan fingerprint density at radius 3 is 2.78 bits per heavy atom. The van der Waals surface area contributed by atoms with Gasteiger partial charge < -0.3 is 5.32 Å². The van der Waals surface area contributed by atoms with Crippen LogP contribution in [0.4, 0.5) is 0 Å². The lowest BCUT2D eigenvalue weighted by atomic mass is 10.6. The molecular formula is C7H16N2. The third-order valence-corrected chi connectivity index (χ3v) is 1.21. The van der Waals surface area contributed by atoms with Gasteiger partial charge in [-0.25, -0.2) is 0 Å². The van der Waals surface area contributed by atoms with Crippen LogP contribution in [-0.4, -0.2) is 31.7 Å². The second-order valence-electron chi connectivity index (χ2n) is 2.07. The molecule has 0 spiro atoms. The van der Waals surface area contributed by atoms with Crippen molar-refractivity contribution in [3.8, 4) is 0 Å². The maximum atomic E-state index is 3.60. The number of nitrogens with zero attached hydrogens (tertiary/aromatic N) is 1. The summed E-state index contributed by atoms with van der Waals surface area (Å²) in [5.41, 5.74) is 0. The summed E-state index contributed by atoms with van der Waals surface area (Å²) in [7, 11) is 2.08. The van der Waals surface area contributed by atoms with E-state index < -0.39 is 0 Å². The molecule has 0 saturated carbocycles. The Bertz CT molecular complexity index is 71.3. The van der Waals surface area contributed by atoms with Crippen LogP contribution < -0.4 is 5.32 Å². The minimum absolute atomic E-state index is 0.893. The van der Waals surface area contributed by atoms with Crippen LogP contribution in [0.1, 0.15) is 6.92 Å². The average Bonchev–Trinajstić information content (AvgIpc) is 1.89. The van der Waals surface area contributed by atoms with Gasteiger partial charge in [0.15, 0.2) is 0 Å². The van der Waals surface area contributed by atoms with E-state index >= 15 is 0 Å². The first kappa shape index (κ1) is 8.66. The molecule has 0 rings (SSSR count). The zero-order valence-electron chi connectivity index (χ0n) is 6.35. The zero-order chi connectivity index (χ0) is 7.11. The van der Waals surface area contributed by atoms with Gasteiger partial charge in [-0.15, -0.1) is 6.58 Å². The quantitative estimate of drug-likeness (QED) is 0.332. The molecule has 0 unspecified atom stereocenters. The van der Waals surface area contributed by atoms with E-state index in [9.17, 15) is 0 Å². The molecule has 0 fully saturated rings. The van der Waals surface area contributed by atoms with Crippen LogP contribution in [0.25, 0.3) is 0 Å². The highest BCUT2D eigenvalue weighted by molar-refractivity contribution is 4.68. The van der Waals surface area contributed by atoms with E-state index in [2.05, 4.69) is 30.8 Å². The summed E-state index contributed by atoms with van der Waals surface area (Å²) < 4.78 is 0. The van der Waals surface area contributed by atoms with Crippen molar-refractivity contribution in [1.29, 1.82) is 0 Å². The van der Waals surface area contributed by atoms with Crippen molar-refractivity contribution in [3.05, 3.63) is 12.7 Å². The van der Waals surface area contributed by atoms with Gasteiger partial charge in [0, 0.05) is 13.2 Å². The van der Waals surface area contributed by atoms with Gasteiger partial charge in [0.2, 0.25) is 0 Å². The molecule has 0 aromatic rings. The lowest BCUT2D eigenvalue weighted by molar-refractivity contribution is 0.329. The van der Waals surface area contributed by atoms with Gasteiger partial charge in [-0.2, -0.15) is 0 Å². The van der Waals surface area contributed by atoms with E-state index in [1.54, 1.807) is 0 Å². The van der Waals surface area contributed by atoms with Gasteiger partial charge in [-0.1, -0.05) is 13.0 Å². The summed E-state index contributed by atoms with van der Waals surface area (Å²) in [6.45, 7) is 8.66. The maximum absolute atomic E-state index is 3.60. The summed E-state index contributed by atoms with van der Waals surface area (Å²) in [6.07, 6.45) is 1.86. The Balaban J connectivity index is 2.96. The summed E-state index contributed by atoms with van der Waals surface area (Å²) in [5, 5.41) is 3.19. The van der Waals surface area contributed by atoms with Crippen LogP contribution in [0.15, 0.2) is 12.7 Å². The molecule has 1 N–H and O–H groups in total. The van der Waals surface area contributed by atoms with Crippen LogP contribution in [0.5, 0.6) is 0 Å². The second-order valence-corrected chi connectivity index (χ2v) is 2.07. The van der Waals surface area contributed by atoms with Crippen LogP contribution in [-0.2, 0) is 0 Å². The van der Waals surface area contributed by atoms with E-state index in [-0.39, 0.29) is 0 Å². The molecule has 0 atom stereocenters. The van der Waals surface area contributed by atoms with Crippen molar-refractivity contribution in [1.82, 2.24) is 10.2 Å². The van der Waals surface area contributed by atoms with E-state index in [4.69, 9.17) is 0 Å². The molecule has 0 aliphatic carbocycles. The maximum Gasteiger partial charge on any atom is 0.0479 e. The molecule has 0 radical (unpaired) electrons. The Kier molecular flexibility index (Phi) is 5.57. The highest BCUT2D eigenvalue weighted by Crippen LogP contribution is 1.74. The number of hydrogen-bond donors (Lipinski definition) is 1. The minimum atomic E-state index is 0.893. The topological polar surface area (TPSA) is 15.3 Å². The molecular weight excluding hydrogens is 112 g/mol. The van der Waals surface area contributed by atoms with Crippen molar-refractivity contribution < 1.29 is 0 Å². The normalized spacial score (nSPS) is 10.1. The molecule has 2 nitrogen and oxygen atoms in total. The second kappa shape index (κ2) is 5.79. The highest BCUT2D eigenvalue weighted by atomic mass is 15.2. The molecule has 0 bridgehead atoms. The van der Waals surface area contributed by atoms with Gasteiger partial charge in [0.1, 0.15) is 0 Å². The smallest absolute Gasteiger partial charge is 0.0479 e. The molecule has 0 aromatic heterocycles. The van der Waals surface area contributed by atoms with E-state index in [1.165, 1.54) is 0 Å². The Morgan fingerprint density at radius 2 is 2.33 bits per heavy atom. The van der Waals surface area contributed by atoms with Gasteiger partial charge in [-0.3, -0.25) is 4.90 Å². The number of nitrogens with one attached hydrogen (secondary N) is 1.